The van der Waals surface area contributed by atoms with Crippen LogP contribution in [0.5, 0.6) is 11.5 Å². The van der Waals surface area contributed by atoms with E-state index in [2.05, 4.69) is 4.90 Å². The van der Waals surface area contributed by atoms with Crippen LogP contribution in [-0.4, -0.2) is 50.4 Å². The topological polar surface area (TPSA) is 70.1 Å². The van der Waals surface area contributed by atoms with Crippen LogP contribution < -0.4 is 9.04 Å². The van der Waals surface area contributed by atoms with E-state index in [1.807, 2.05) is 54.6 Å². The van der Waals surface area contributed by atoms with E-state index < -0.39 is 10.0 Å². The summed E-state index contributed by atoms with van der Waals surface area (Å²) in [7, 11) is -3.67. The molecule has 0 unspecified atom stereocenters. The van der Waals surface area contributed by atoms with E-state index in [1.165, 1.54) is 17.1 Å². The van der Waals surface area contributed by atoms with Gasteiger partial charge in [-0.3, -0.25) is 9.21 Å². The van der Waals surface area contributed by atoms with Gasteiger partial charge in [0.05, 0.1) is 18.0 Å². The molecule has 6 nitrogen and oxygen atoms in total. The standard InChI is InChI=1S/C31H34N2O4S/c34-29-14-10-25(11-15-29)24-33(28-12-16-30(17-13-28)37-22-21-32-19-3-4-20-32)38(35,36)23-18-27-8-5-7-26-6-1-2-9-31(26)27/h1-2,5-17,34H,3-4,18-24H2. The Hall–Kier alpha value is -3.55. The maximum absolute atomic E-state index is 13.8. The number of aromatic hydroxyl groups is 1. The van der Waals surface area contributed by atoms with Gasteiger partial charge in [-0.1, -0.05) is 54.6 Å². The molecule has 4 aromatic rings. The zero-order valence-corrected chi connectivity index (χ0v) is 22.3. The molecule has 0 amide bonds. The SMILES string of the molecule is O=S(=O)(CCc1cccc2ccccc12)N(Cc1ccc(O)cc1)c1ccc(OCCN2CCCC2)cc1. The minimum Gasteiger partial charge on any atom is -0.508 e. The monoisotopic (exact) mass is 530 g/mol. The van der Waals surface area contributed by atoms with E-state index in [0.29, 0.717) is 18.7 Å². The van der Waals surface area contributed by atoms with Crippen molar-refractivity contribution < 1.29 is 18.3 Å². The van der Waals surface area contributed by atoms with Crippen LogP contribution in [0.2, 0.25) is 0 Å². The highest BCUT2D eigenvalue weighted by Gasteiger charge is 2.23. The van der Waals surface area contributed by atoms with E-state index in [-0.39, 0.29) is 18.0 Å². The summed E-state index contributed by atoms with van der Waals surface area (Å²) in [4.78, 5) is 2.40. The number of sulfonamides is 1. The van der Waals surface area contributed by atoms with Gasteiger partial charge < -0.3 is 9.84 Å². The highest BCUT2D eigenvalue weighted by atomic mass is 32.2. The van der Waals surface area contributed by atoms with Gasteiger partial charge in [-0.05, 0) is 90.6 Å². The molecule has 0 aliphatic carbocycles. The van der Waals surface area contributed by atoms with Crippen LogP contribution in [-0.2, 0) is 23.0 Å². The molecule has 1 N–H and O–H groups in total. The van der Waals surface area contributed by atoms with Crippen molar-refractivity contribution in [1.29, 1.82) is 0 Å². The second-order valence-corrected chi connectivity index (χ2v) is 11.8. The summed E-state index contributed by atoms with van der Waals surface area (Å²) in [5.41, 5.74) is 2.39. The highest BCUT2D eigenvalue weighted by Crippen LogP contribution is 2.27. The van der Waals surface area contributed by atoms with Crippen molar-refractivity contribution in [1.82, 2.24) is 4.90 Å². The number of phenolic OH excluding ortho intramolecular Hbond substituents is 1. The Morgan fingerprint density at radius 1 is 0.842 bits per heavy atom. The van der Waals surface area contributed by atoms with Crippen molar-refractivity contribution in [2.45, 2.75) is 25.8 Å². The van der Waals surface area contributed by atoms with Crippen LogP contribution in [0.15, 0.2) is 91.0 Å². The van der Waals surface area contributed by atoms with Crippen LogP contribution >= 0.6 is 0 Å². The second kappa shape index (κ2) is 11.9. The van der Waals surface area contributed by atoms with Gasteiger partial charge in [-0.15, -0.1) is 0 Å². The fourth-order valence-corrected chi connectivity index (χ4v) is 6.47. The van der Waals surface area contributed by atoms with Gasteiger partial charge in [0.15, 0.2) is 0 Å². The first-order valence-electron chi connectivity index (χ1n) is 13.2. The third kappa shape index (κ3) is 6.47. The lowest BCUT2D eigenvalue weighted by molar-refractivity contribution is 0.238. The van der Waals surface area contributed by atoms with E-state index in [9.17, 15) is 13.5 Å². The summed E-state index contributed by atoms with van der Waals surface area (Å²) in [5.74, 6) is 0.855. The van der Waals surface area contributed by atoms with Crippen LogP contribution in [0.4, 0.5) is 5.69 Å². The van der Waals surface area contributed by atoms with Gasteiger partial charge in [0, 0.05) is 6.54 Å². The van der Waals surface area contributed by atoms with Crippen LogP contribution in [0.25, 0.3) is 10.8 Å². The summed E-state index contributed by atoms with van der Waals surface area (Å²) in [6, 6.07) is 28.0. The molecule has 4 aromatic carbocycles. The molecule has 5 rings (SSSR count). The third-order valence-corrected chi connectivity index (χ3v) is 8.84. The zero-order valence-electron chi connectivity index (χ0n) is 21.5. The van der Waals surface area contributed by atoms with E-state index in [1.54, 1.807) is 36.4 Å². The second-order valence-electron chi connectivity index (χ2n) is 9.77. The molecular formula is C31H34N2O4S. The van der Waals surface area contributed by atoms with Gasteiger partial charge in [0.25, 0.3) is 0 Å². The number of likely N-dealkylation sites (tertiary alicyclic amines) is 1. The van der Waals surface area contributed by atoms with E-state index in [0.717, 1.165) is 47.3 Å². The molecule has 1 saturated heterocycles. The smallest absolute Gasteiger partial charge is 0.235 e. The normalized spacial score (nSPS) is 14.1. The molecule has 7 heteroatoms. The lowest BCUT2D eigenvalue weighted by Crippen LogP contribution is -2.33. The Kier molecular flexibility index (Phi) is 8.15. The number of rotatable bonds is 11. The fraction of sp³-hybridized carbons (Fsp3) is 0.290. The van der Waals surface area contributed by atoms with Crippen molar-refractivity contribution in [3.05, 3.63) is 102 Å². The molecule has 0 saturated carbocycles. The first kappa shape index (κ1) is 26.1. The van der Waals surface area contributed by atoms with Crippen molar-refractivity contribution in [3.8, 4) is 11.5 Å². The Morgan fingerprint density at radius 2 is 1.55 bits per heavy atom. The first-order chi connectivity index (χ1) is 18.5. The summed E-state index contributed by atoms with van der Waals surface area (Å²) in [6.45, 7) is 3.95. The minimum atomic E-state index is -3.67. The van der Waals surface area contributed by atoms with Gasteiger partial charge in [0.2, 0.25) is 10.0 Å². The summed E-state index contributed by atoms with van der Waals surface area (Å²) in [5, 5.41) is 11.9. The maximum atomic E-state index is 13.8. The number of phenols is 1. The van der Waals surface area contributed by atoms with Crippen LogP contribution in [0.3, 0.4) is 0 Å². The van der Waals surface area contributed by atoms with Gasteiger partial charge in [-0.25, -0.2) is 8.42 Å². The average molecular weight is 531 g/mol. The molecule has 198 valence electrons. The average Bonchev–Trinajstić information content (AvgIpc) is 3.46. The van der Waals surface area contributed by atoms with Gasteiger partial charge in [0.1, 0.15) is 18.1 Å². The maximum Gasteiger partial charge on any atom is 0.235 e. The molecule has 1 heterocycles. The summed E-state index contributed by atoms with van der Waals surface area (Å²) < 4.78 is 34.9. The molecular weight excluding hydrogens is 496 g/mol. The molecule has 1 aliphatic rings. The molecule has 1 aliphatic heterocycles. The number of nitrogens with zero attached hydrogens (tertiary/aromatic N) is 2. The Labute approximate surface area is 225 Å². The largest absolute Gasteiger partial charge is 0.508 e. The predicted octanol–water partition coefficient (Wildman–Crippen LogP) is 5.60. The Bertz CT molecular complexity index is 1440. The number of aryl methyl sites for hydroxylation is 1. The molecule has 0 radical (unpaired) electrons. The molecule has 38 heavy (non-hydrogen) atoms. The lowest BCUT2D eigenvalue weighted by Gasteiger charge is -2.25. The fourth-order valence-electron chi connectivity index (χ4n) is 4.98. The lowest BCUT2D eigenvalue weighted by atomic mass is 10.0. The quantitative estimate of drug-likeness (QED) is 0.273. The van der Waals surface area contributed by atoms with E-state index in [4.69, 9.17) is 4.74 Å². The number of ether oxygens (including phenoxy) is 1. The Morgan fingerprint density at radius 3 is 2.32 bits per heavy atom. The van der Waals surface area contributed by atoms with Crippen molar-refractivity contribution in [3.63, 3.8) is 0 Å². The van der Waals surface area contributed by atoms with Crippen LogP contribution in [0, 0.1) is 0 Å². The van der Waals surface area contributed by atoms with Gasteiger partial charge in [-0.2, -0.15) is 0 Å². The number of fused-ring (bicyclic) bond motifs is 1. The van der Waals surface area contributed by atoms with E-state index >= 15 is 0 Å². The molecule has 1 fully saturated rings. The molecule has 0 aromatic heterocycles. The number of hydrogen-bond acceptors (Lipinski definition) is 5. The van der Waals surface area contributed by atoms with Crippen LogP contribution in [0.1, 0.15) is 24.0 Å². The molecule has 0 spiro atoms. The van der Waals surface area contributed by atoms with Crippen molar-refractivity contribution in [2.24, 2.45) is 0 Å². The summed E-state index contributed by atoms with van der Waals surface area (Å²) >= 11 is 0. The minimum absolute atomic E-state index is 0.0207. The van der Waals surface area contributed by atoms with Crippen molar-refractivity contribution >= 4 is 26.5 Å². The third-order valence-electron chi connectivity index (χ3n) is 7.11. The number of hydrogen-bond donors (Lipinski definition) is 1. The Balaban J connectivity index is 1.33. The first-order valence-corrected chi connectivity index (χ1v) is 14.8. The molecule has 0 bridgehead atoms. The number of benzene rings is 4. The zero-order chi connectivity index (χ0) is 26.4. The predicted molar refractivity (Wildman–Crippen MR) is 153 cm³/mol. The summed E-state index contributed by atoms with van der Waals surface area (Å²) in [6.07, 6.45) is 2.91. The highest BCUT2D eigenvalue weighted by molar-refractivity contribution is 7.92. The molecule has 0 atom stereocenters. The van der Waals surface area contributed by atoms with Gasteiger partial charge >= 0.3 is 0 Å². The van der Waals surface area contributed by atoms with Crippen molar-refractivity contribution in [2.75, 3.05) is 36.3 Å². The number of anilines is 1.